The molecule has 0 saturated heterocycles. The van der Waals surface area contributed by atoms with Crippen LogP contribution >= 0.6 is 0 Å². The highest BCUT2D eigenvalue weighted by atomic mass is 19.2. The molecule has 246 valence electrons. The third-order valence-corrected chi connectivity index (χ3v) is 11.0. The SMILES string of the molecule is Cn1c2ccccc2c2cc3c(cc21)c1ccccc1n3-c1nc(F)c(F)c(-n2c3ccccc3c3cc4c(cc32)c2ccccc2n4C)c1C#N. The molecule has 52 heavy (non-hydrogen) atoms. The quantitative estimate of drug-likeness (QED) is 0.171. The van der Waals surface area contributed by atoms with Gasteiger partial charge in [0.15, 0.2) is 5.82 Å². The van der Waals surface area contributed by atoms with Crippen LogP contribution < -0.4 is 0 Å². The van der Waals surface area contributed by atoms with E-state index in [9.17, 15) is 5.26 Å². The molecule has 0 fully saturated rings. The molecule has 0 atom stereocenters. The minimum absolute atomic E-state index is 0.0272. The second-order valence-electron chi connectivity index (χ2n) is 13.5. The summed E-state index contributed by atoms with van der Waals surface area (Å²) in [5.41, 5.74) is 6.76. The molecule has 0 aliphatic carbocycles. The topological polar surface area (TPSA) is 56.4 Å². The molecule has 11 rings (SSSR count). The van der Waals surface area contributed by atoms with Crippen molar-refractivity contribution in [3.05, 3.63) is 139 Å². The molecule has 8 heteroatoms. The van der Waals surface area contributed by atoms with E-state index in [2.05, 4.69) is 62.7 Å². The van der Waals surface area contributed by atoms with Crippen molar-refractivity contribution in [2.75, 3.05) is 0 Å². The number of para-hydroxylation sites is 4. The predicted octanol–water partition coefficient (Wildman–Crippen LogP) is 10.7. The number of fused-ring (bicyclic) bond motifs is 12. The van der Waals surface area contributed by atoms with E-state index >= 15 is 8.78 Å². The van der Waals surface area contributed by atoms with Crippen molar-refractivity contribution >= 4 is 87.2 Å². The second-order valence-corrected chi connectivity index (χ2v) is 13.5. The number of benzene rings is 6. The molecule has 5 heterocycles. The maximum Gasteiger partial charge on any atom is 0.253 e. The van der Waals surface area contributed by atoms with Gasteiger partial charge < -0.3 is 13.7 Å². The molecule has 0 radical (unpaired) electrons. The van der Waals surface area contributed by atoms with Gasteiger partial charge in [-0.3, -0.25) is 4.57 Å². The minimum Gasteiger partial charge on any atom is -0.344 e. The Morgan fingerprint density at radius 2 is 0.865 bits per heavy atom. The molecule has 5 aromatic heterocycles. The molecule has 11 aromatic rings. The van der Waals surface area contributed by atoms with Crippen LogP contribution in [0.3, 0.4) is 0 Å². The van der Waals surface area contributed by atoms with E-state index in [1.54, 1.807) is 4.57 Å². The monoisotopic (exact) mass is 676 g/mol. The largest absolute Gasteiger partial charge is 0.344 e. The summed E-state index contributed by atoms with van der Waals surface area (Å²) in [6.45, 7) is 0. The van der Waals surface area contributed by atoms with Crippen LogP contribution in [0.1, 0.15) is 5.56 Å². The van der Waals surface area contributed by atoms with E-state index in [4.69, 9.17) is 0 Å². The van der Waals surface area contributed by atoms with Crippen molar-refractivity contribution in [2.24, 2.45) is 14.1 Å². The van der Waals surface area contributed by atoms with Gasteiger partial charge in [-0.25, -0.2) is 0 Å². The standard InChI is InChI=1S/C44H26F2N6/c1-49-33-15-7-3-11-24(33)28-21-39-30(19-37(28)49)26-13-5-9-17-35(26)51(39)42-32(23-47)44(48-43(46)41(42)45)52-36-18-10-6-14-27(36)31-20-38-29(22-40(31)52)25-12-4-8-16-34(25)50(38)2/h3-22H,1-2H3. The zero-order chi connectivity index (χ0) is 35.0. The van der Waals surface area contributed by atoms with E-state index in [0.29, 0.717) is 11.0 Å². The molecular formula is C44H26F2N6. The highest BCUT2D eigenvalue weighted by Crippen LogP contribution is 2.42. The lowest BCUT2D eigenvalue weighted by molar-refractivity contribution is 0.475. The summed E-state index contributed by atoms with van der Waals surface area (Å²) in [5, 5.41) is 18.7. The molecule has 0 unspecified atom stereocenters. The number of hydrogen-bond acceptors (Lipinski definition) is 2. The van der Waals surface area contributed by atoms with Gasteiger partial charge in [0, 0.05) is 79.3 Å². The summed E-state index contributed by atoms with van der Waals surface area (Å²) in [5.74, 6) is -2.43. The second kappa shape index (κ2) is 10.1. The number of rotatable bonds is 2. The maximum absolute atomic E-state index is 16.6. The average molecular weight is 677 g/mol. The number of halogens is 2. The van der Waals surface area contributed by atoms with Crippen molar-refractivity contribution in [1.82, 2.24) is 23.3 Å². The lowest BCUT2D eigenvalue weighted by atomic mass is 10.1. The third kappa shape index (κ3) is 3.51. The van der Waals surface area contributed by atoms with Gasteiger partial charge in [0.2, 0.25) is 5.82 Å². The Balaban J connectivity index is 1.30. The van der Waals surface area contributed by atoms with E-state index in [0.717, 1.165) is 76.2 Å². The van der Waals surface area contributed by atoms with Gasteiger partial charge in [0.25, 0.3) is 5.95 Å². The molecule has 0 bridgehead atoms. The van der Waals surface area contributed by atoms with Gasteiger partial charge in [-0.1, -0.05) is 72.8 Å². The van der Waals surface area contributed by atoms with E-state index in [1.807, 2.05) is 97.5 Å². The number of pyridine rings is 1. The first-order valence-electron chi connectivity index (χ1n) is 17.0. The van der Waals surface area contributed by atoms with Crippen LogP contribution in [-0.4, -0.2) is 23.3 Å². The van der Waals surface area contributed by atoms with Crippen molar-refractivity contribution in [1.29, 1.82) is 5.26 Å². The molecule has 0 aliphatic heterocycles. The van der Waals surface area contributed by atoms with E-state index < -0.39 is 11.8 Å². The van der Waals surface area contributed by atoms with Gasteiger partial charge >= 0.3 is 0 Å². The minimum atomic E-state index is -1.28. The van der Waals surface area contributed by atoms with Gasteiger partial charge in [0.1, 0.15) is 17.3 Å². The normalized spacial score (nSPS) is 12.2. The molecule has 0 N–H and O–H groups in total. The summed E-state index contributed by atoms with van der Waals surface area (Å²) in [6, 6.07) is 42.5. The number of nitriles is 1. The molecule has 0 amide bonds. The Kier molecular flexibility index (Phi) is 5.57. The van der Waals surface area contributed by atoms with Gasteiger partial charge in [-0.2, -0.15) is 19.0 Å². The Bertz CT molecular complexity index is 3420. The Morgan fingerprint density at radius 3 is 1.37 bits per heavy atom. The summed E-state index contributed by atoms with van der Waals surface area (Å²) in [4.78, 5) is 4.24. The highest BCUT2D eigenvalue weighted by molar-refractivity contribution is 6.20. The summed E-state index contributed by atoms with van der Waals surface area (Å²) in [6.07, 6.45) is 0. The van der Waals surface area contributed by atoms with Crippen molar-refractivity contribution < 1.29 is 8.78 Å². The van der Waals surface area contributed by atoms with E-state index in [-0.39, 0.29) is 17.1 Å². The molecule has 0 spiro atoms. The summed E-state index contributed by atoms with van der Waals surface area (Å²) in [7, 11) is 4.08. The smallest absolute Gasteiger partial charge is 0.253 e. The maximum atomic E-state index is 16.6. The van der Waals surface area contributed by atoms with E-state index in [1.165, 1.54) is 0 Å². The summed E-state index contributed by atoms with van der Waals surface area (Å²) < 4.78 is 40.7. The molecule has 6 aromatic carbocycles. The molecule has 0 saturated carbocycles. The fourth-order valence-corrected chi connectivity index (χ4v) is 8.70. The predicted molar refractivity (Wildman–Crippen MR) is 206 cm³/mol. The first-order valence-corrected chi connectivity index (χ1v) is 17.0. The Morgan fingerprint density at radius 1 is 0.481 bits per heavy atom. The van der Waals surface area contributed by atoms with Crippen molar-refractivity contribution in [3.63, 3.8) is 0 Å². The van der Waals surface area contributed by atoms with Gasteiger partial charge in [-0.05, 0) is 48.5 Å². The zero-order valence-electron chi connectivity index (χ0n) is 28.0. The van der Waals surface area contributed by atoms with Crippen LogP contribution in [-0.2, 0) is 14.1 Å². The summed E-state index contributed by atoms with van der Waals surface area (Å²) >= 11 is 0. The lowest BCUT2D eigenvalue weighted by Crippen LogP contribution is -2.12. The number of nitrogens with zero attached hydrogens (tertiary/aromatic N) is 6. The van der Waals surface area contributed by atoms with Crippen molar-refractivity contribution in [3.8, 4) is 17.6 Å². The van der Waals surface area contributed by atoms with Crippen LogP contribution in [0.25, 0.3) is 98.7 Å². The number of aromatic nitrogens is 5. The zero-order valence-corrected chi connectivity index (χ0v) is 28.0. The Hall–Kier alpha value is -6.98. The van der Waals surface area contributed by atoms with Gasteiger partial charge in [0.05, 0.1) is 22.1 Å². The van der Waals surface area contributed by atoms with Crippen LogP contribution in [0.5, 0.6) is 0 Å². The molecule has 0 aliphatic rings. The van der Waals surface area contributed by atoms with Gasteiger partial charge in [-0.15, -0.1) is 0 Å². The molecule has 6 nitrogen and oxygen atoms in total. The lowest BCUT2D eigenvalue weighted by Gasteiger charge is -2.16. The number of aryl methyl sites for hydroxylation is 2. The number of hydrogen-bond donors (Lipinski definition) is 0. The highest BCUT2D eigenvalue weighted by Gasteiger charge is 2.28. The first-order chi connectivity index (χ1) is 25.4. The van der Waals surface area contributed by atoms with Crippen LogP contribution in [0.15, 0.2) is 121 Å². The average Bonchev–Trinajstić information content (AvgIpc) is 3.86. The van der Waals surface area contributed by atoms with Crippen LogP contribution in [0.4, 0.5) is 8.78 Å². The fourth-order valence-electron chi connectivity index (χ4n) is 8.70. The fraction of sp³-hybridized carbons (Fsp3) is 0.0455. The third-order valence-electron chi connectivity index (χ3n) is 11.0. The Labute approximate surface area is 294 Å². The molecular weight excluding hydrogens is 651 g/mol. The van der Waals surface area contributed by atoms with Crippen molar-refractivity contribution in [2.45, 2.75) is 0 Å². The van der Waals surface area contributed by atoms with Crippen LogP contribution in [0.2, 0.25) is 0 Å². The van der Waals surface area contributed by atoms with Crippen LogP contribution in [0, 0.1) is 23.1 Å². The first kappa shape index (κ1) is 28.8.